The van der Waals surface area contributed by atoms with Gasteiger partial charge in [0.15, 0.2) is 0 Å². The smallest absolute Gasteiger partial charge is 0.115 e. The van der Waals surface area contributed by atoms with Crippen molar-refractivity contribution in [2.45, 2.75) is 58.0 Å². The van der Waals surface area contributed by atoms with Crippen LogP contribution in [0.3, 0.4) is 0 Å². The number of hydrogen-bond donors (Lipinski definition) is 1. The van der Waals surface area contributed by atoms with Gasteiger partial charge in [0.2, 0.25) is 0 Å². The Morgan fingerprint density at radius 3 is 2.52 bits per heavy atom. The molecule has 0 radical (unpaired) electrons. The summed E-state index contributed by atoms with van der Waals surface area (Å²) in [4.78, 5) is 5.33. The van der Waals surface area contributed by atoms with E-state index in [2.05, 4.69) is 67.8 Å². The van der Waals surface area contributed by atoms with Gasteiger partial charge >= 0.3 is 0 Å². The van der Waals surface area contributed by atoms with Crippen molar-refractivity contribution in [2.75, 3.05) is 26.2 Å². The molecule has 1 N–H and O–H groups in total. The summed E-state index contributed by atoms with van der Waals surface area (Å²) in [7, 11) is 0. The van der Waals surface area contributed by atoms with Gasteiger partial charge in [0.05, 0.1) is 0 Å². The minimum atomic E-state index is 0.113. The second-order valence-corrected chi connectivity index (χ2v) is 9.85. The molecule has 0 aromatic heterocycles. The minimum absolute atomic E-state index is 0.113. The van der Waals surface area contributed by atoms with E-state index in [1.165, 1.54) is 16.7 Å². The molecule has 0 spiro atoms. The highest BCUT2D eigenvalue weighted by Gasteiger charge is 2.44. The Kier molecular flexibility index (Phi) is 5.72. The number of phenols is 1. The maximum atomic E-state index is 10.0. The molecular weight excluding hydrogens is 356 g/mol. The van der Waals surface area contributed by atoms with Crippen molar-refractivity contribution in [1.29, 1.82) is 0 Å². The molecule has 3 atom stereocenters. The zero-order chi connectivity index (χ0) is 20.6. The predicted molar refractivity (Wildman–Crippen MR) is 120 cm³/mol. The van der Waals surface area contributed by atoms with E-state index in [1.807, 2.05) is 12.1 Å². The molecule has 4 rings (SSSR count). The monoisotopic (exact) mass is 392 g/mol. The van der Waals surface area contributed by atoms with Crippen LogP contribution in [0.4, 0.5) is 0 Å². The van der Waals surface area contributed by atoms with E-state index in [9.17, 15) is 5.11 Å². The average molecular weight is 393 g/mol. The summed E-state index contributed by atoms with van der Waals surface area (Å²) in [5.74, 6) is 1.55. The third-order valence-electron chi connectivity index (χ3n) is 7.50. The molecule has 2 heterocycles. The maximum Gasteiger partial charge on any atom is 0.115 e. The van der Waals surface area contributed by atoms with Crippen molar-refractivity contribution in [1.82, 2.24) is 9.80 Å². The van der Waals surface area contributed by atoms with Crippen LogP contribution < -0.4 is 0 Å². The second kappa shape index (κ2) is 8.12. The summed E-state index contributed by atoms with van der Waals surface area (Å²) < 4.78 is 0. The molecule has 2 aliphatic heterocycles. The maximum absolute atomic E-state index is 10.0. The summed E-state index contributed by atoms with van der Waals surface area (Å²) in [6.45, 7) is 14.9. The van der Waals surface area contributed by atoms with Gasteiger partial charge in [-0.2, -0.15) is 0 Å². The normalized spacial score (nSPS) is 28.4. The molecule has 0 bridgehead atoms. The predicted octanol–water partition coefficient (Wildman–Crippen LogP) is 5.00. The van der Waals surface area contributed by atoms with Gasteiger partial charge in [-0.3, -0.25) is 9.80 Å². The summed E-state index contributed by atoms with van der Waals surface area (Å²) in [6.07, 6.45) is 1.15. The highest BCUT2D eigenvalue weighted by molar-refractivity contribution is 5.34. The van der Waals surface area contributed by atoms with Crippen LogP contribution in [0.2, 0.25) is 0 Å². The van der Waals surface area contributed by atoms with Crippen LogP contribution in [-0.4, -0.2) is 47.1 Å². The second-order valence-electron chi connectivity index (χ2n) is 9.85. The number of aromatic hydroxyl groups is 1. The molecule has 0 amide bonds. The Bertz CT molecular complexity index is 831. The van der Waals surface area contributed by atoms with Gasteiger partial charge in [0.25, 0.3) is 0 Å². The third kappa shape index (κ3) is 4.22. The lowest BCUT2D eigenvalue weighted by atomic mass is 9.65. The van der Waals surface area contributed by atoms with Gasteiger partial charge in [-0.25, -0.2) is 0 Å². The van der Waals surface area contributed by atoms with Crippen molar-refractivity contribution in [2.24, 2.45) is 5.92 Å². The molecule has 3 heteroatoms. The van der Waals surface area contributed by atoms with Crippen LogP contribution in [0.5, 0.6) is 5.75 Å². The van der Waals surface area contributed by atoms with Crippen LogP contribution in [0, 0.1) is 5.92 Å². The lowest BCUT2D eigenvalue weighted by molar-refractivity contribution is -0.00557. The van der Waals surface area contributed by atoms with Gasteiger partial charge in [0.1, 0.15) is 5.75 Å². The highest BCUT2D eigenvalue weighted by atomic mass is 16.3. The van der Waals surface area contributed by atoms with Crippen molar-refractivity contribution < 1.29 is 5.11 Å². The van der Waals surface area contributed by atoms with Crippen LogP contribution in [0.1, 0.15) is 56.7 Å². The van der Waals surface area contributed by atoms with E-state index in [0.29, 0.717) is 23.6 Å². The van der Waals surface area contributed by atoms with E-state index in [0.717, 1.165) is 39.1 Å². The standard InChI is InChI=1S/C26H36N2O/c1-19(2)22-10-8-21(9-11-22)17-27-12-13-28-16-20(3)26(4,15-24(28)18-27)23-6-5-7-25(29)14-23/h5-11,14,19-20,24,29H,12-13,15-18H2,1-4H3. The van der Waals surface area contributed by atoms with E-state index >= 15 is 0 Å². The fourth-order valence-electron chi connectivity index (χ4n) is 5.31. The topological polar surface area (TPSA) is 26.7 Å². The third-order valence-corrected chi connectivity index (χ3v) is 7.50. The number of rotatable bonds is 4. The molecule has 29 heavy (non-hydrogen) atoms. The SMILES string of the molecule is CC(C)c1ccc(CN2CCN3CC(C)C(C)(c4cccc(O)c4)CC3C2)cc1. The van der Waals surface area contributed by atoms with Gasteiger partial charge < -0.3 is 5.11 Å². The number of nitrogens with zero attached hydrogens (tertiary/aromatic N) is 2. The Balaban J connectivity index is 1.46. The zero-order valence-electron chi connectivity index (χ0n) is 18.4. The number of piperidine rings is 1. The van der Waals surface area contributed by atoms with E-state index in [4.69, 9.17) is 0 Å². The van der Waals surface area contributed by atoms with E-state index < -0.39 is 0 Å². The molecule has 2 aromatic rings. The van der Waals surface area contributed by atoms with Crippen LogP contribution in [0.15, 0.2) is 48.5 Å². The quantitative estimate of drug-likeness (QED) is 0.793. The molecule has 0 saturated carbocycles. The minimum Gasteiger partial charge on any atom is -0.508 e. The van der Waals surface area contributed by atoms with Gasteiger partial charge in [0, 0.05) is 38.8 Å². The van der Waals surface area contributed by atoms with E-state index in [1.54, 1.807) is 6.07 Å². The number of hydrogen-bond acceptors (Lipinski definition) is 3. The summed E-state index contributed by atoms with van der Waals surface area (Å²) >= 11 is 0. The molecule has 2 aromatic carbocycles. The molecule has 3 nitrogen and oxygen atoms in total. The van der Waals surface area contributed by atoms with Crippen molar-refractivity contribution in [3.05, 3.63) is 65.2 Å². The van der Waals surface area contributed by atoms with Crippen LogP contribution in [-0.2, 0) is 12.0 Å². The molecule has 2 fully saturated rings. The summed E-state index contributed by atoms with van der Waals surface area (Å²) in [5, 5.41) is 10.0. The van der Waals surface area contributed by atoms with E-state index in [-0.39, 0.29) is 5.41 Å². The lowest BCUT2D eigenvalue weighted by Gasteiger charge is -2.53. The summed E-state index contributed by atoms with van der Waals surface area (Å²) in [6, 6.07) is 17.7. The summed E-state index contributed by atoms with van der Waals surface area (Å²) in [5.41, 5.74) is 4.23. The molecule has 156 valence electrons. The Hall–Kier alpha value is -1.84. The van der Waals surface area contributed by atoms with Crippen LogP contribution in [0.25, 0.3) is 0 Å². The largest absolute Gasteiger partial charge is 0.508 e. The van der Waals surface area contributed by atoms with Gasteiger partial charge in [-0.05, 0) is 52.5 Å². The number of benzene rings is 2. The molecular formula is C26H36N2O. The molecule has 0 aliphatic carbocycles. The molecule has 3 unspecified atom stereocenters. The Labute approximate surface area is 176 Å². The number of piperazine rings is 1. The Morgan fingerprint density at radius 2 is 1.83 bits per heavy atom. The van der Waals surface area contributed by atoms with Gasteiger partial charge in [-0.1, -0.05) is 64.1 Å². The average Bonchev–Trinajstić information content (AvgIpc) is 2.69. The fourth-order valence-corrected chi connectivity index (χ4v) is 5.31. The van der Waals surface area contributed by atoms with Gasteiger partial charge in [-0.15, -0.1) is 0 Å². The first-order valence-electron chi connectivity index (χ1n) is 11.2. The first-order chi connectivity index (χ1) is 13.8. The number of phenolic OH excluding ortho intramolecular Hbond substituents is 1. The first kappa shape index (κ1) is 20.4. The van der Waals surface area contributed by atoms with Crippen LogP contribution >= 0.6 is 0 Å². The zero-order valence-corrected chi connectivity index (χ0v) is 18.4. The molecule has 2 aliphatic rings. The van der Waals surface area contributed by atoms with Crippen molar-refractivity contribution in [3.63, 3.8) is 0 Å². The highest BCUT2D eigenvalue weighted by Crippen LogP contribution is 2.43. The van der Waals surface area contributed by atoms with Crippen molar-refractivity contribution >= 4 is 0 Å². The lowest BCUT2D eigenvalue weighted by Crippen LogP contribution is -2.60. The first-order valence-corrected chi connectivity index (χ1v) is 11.2. The fraction of sp³-hybridized carbons (Fsp3) is 0.538. The Morgan fingerprint density at radius 1 is 1.07 bits per heavy atom. The van der Waals surface area contributed by atoms with Crippen molar-refractivity contribution in [3.8, 4) is 5.75 Å². The molecule has 2 saturated heterocycles. The number of fused-ring (bicyclic) bond motifs is 1.